The molecular formula is C18H20ClFN2O4. The van der Waals surface area contributed by atoms with Crippen molar-refractivity contribution in [3.63, 3.8) is 0 Å². The van der Waals surface area contributed by atoms with E-state index in [2.05, 4.69) is 10.6 Å². The SMILES string of the molecule is CCOC(=O)CNC(=O)C1=C(C(=O)Nc2ccc(Cl)cc2F)CCCC1. The van der Waals surface area contributed by atoms with E-state index < -0.39 is 23.6 Å². The van der Waals surface area contributed by atoms with Crippen LogP contribution in [0.5, 0.6) is 0 Å². The summed E-state index contributed by atoms with van der Waals surface area (Å²) in [5, 5.41) is 5.16. The van der Waals surface area contributed by atoms with E-state index in [1.807, 2.05) is 0 Å². The minimum atomic E-state index is -0.657. The Morgan fingerprint density at radius 2 is 1.81 bits per heavy atom. The molecule has 0 fully saturated rings. The second-order valence-corrected chi connectivity index (χ2v) is 6.17. The molecule has 2 rings (SSSR count). The van der Waals surface area contributed by atoms with Crippen LogP contribution < -0.4 is 10.6 Å². The molecule has 1 aromatic rings. The minimum absolute atomic E-state index is 0.0104. The van der Waals surface area contributed by atoms with Gasteiger partial charge in [0.25, 0.3) is 5.91 Å². The number of anilines is 1. The maximum absolute atomic E-state index is 13.9. The van der Waals surface area contributed by atoms with E-state index in [9.17, 15) is 18.8 Å². The molecule has 0 heterocycles. The first kappa shape index (κ1) is 19.9. The summed E-state index contributed by atoms with van der Waals surface area (Å²) in [5.41, 5.74) is 0.600. The van der Waals surface area contributed by atoms with Crippen LogP contribution in [0.3, 0.4) is 0 Å². The van der Waals surface area contributed by atoms with Gasteiger partial charge in [0.1, 0.15) is 12.4 Å². The largest absolute Gasteiger partial charge is 0.465 e. The van der Waals surface area contributed by atoms with Gasteiger partial charge in [0.2, 0.25) is 5.91 Å². The Morgan fingerprint density at radius 3 is 2.42 bits per heavy atom. The fourth-order valence-electron chi connectivity index (χ4n) is 2.67. The maximum Gasteiger partial charge on any atom is 0.325 e. The molecule has 0 saturated carbocycles. The normalized spacial score (nSPS) is 14.0. The topological polar surface area (TPSA) is 84.5 Å². The number of hydrogen-bond acceptors (Lipinski definition) is 4. The molecule has 0 saturated heterocycles. The van der Waals surface area contributed by atoms with E-state index in [4.69, 9.17) is 16.3 Å². The highest BCUT2D eigenvalue weighted by Crippen LogP contribution is 2.27. The van der Waals surface area contributed by atoms with Crippen LogP contribution in [-0.4, -0.2) is 30.9 Å². The first-order chi connectivity index (χ1) is 12.4. The average molecular weight is 383 g/mol. The number of hydrogen-bond donors (Lipinski definition) is 2. The number of halogens is 2. The molecule has 2 N–H and O–H groups in total. The molecule has 1 aromatic carbocycles. The number of amides is 2. The second-order valence-electron chi connectivity index (χ2n) is 5.73. The number of esters is 1. The van der Waals surface area contributed by atoms with Crippen LogP contribution in [0.15, 0.2) is 29.3 Å². The van der Waals surface area contributed by atoms with Crippen molar-refractivity contribution >= 4 is 35.1 Å². The summed E-state index contributed by atoms with van der Waals surface area (Å²) in [4.78, 5) is 36.2. The van der Waals surface area contributed by atoms with Crippen LogP contribution in [0, 0.1) is 5.82 Å². The van der Waals surface area contributed by atoms with Gasteiger partial charge >= 0.3 is 5.97 Å². The summed E-state index contributed by atoms with van der Waals surface area (Å²) in [6, 6.07) is 3.92. The van der Waals surface area contributed by atoms with Crippen LogP contribution >= 0.6 is 11.6 Å². The Hall–Kier alpha value is -2.41. The molecule has 0 radical (unpaired) electrons. The van der Waals surface area contributed by atoms with Crippen LogP contribution in [0.2, 0.25) is 5.02 Å². The zero-order chi connectivity index (χ0) is 19.1. The van der Waals surface area contributed by atoms with E-state index in [0.29, 0.717) is 24.0 Å². The van der Waals surface area contributed by atoms with Crippen LogP contribution in [-0.2, 0) is 19.1 Å². The summed E-state index contributed by atoms with van der Waals surface area (Å²) >= 11 is 5.70. The first-order valence-electron chi connectivity index (χ1n) is 8.34. The molecule has 8 heteroatoms. The highest BCUT2D eigenvalue weighted by Gasteiger charge is 2.24. The fourth-order valence-corrected chi connectivity index (χ4v) is 2.83. The quantitative estimate of drug-likeness (QED) is 0.741. The van der Waals surface area contributed by atoms with Crippen molar-refractivity contribution < 1.29 is 23.5 Å². The van der Waals surface area contributed by atoms with Crippen LogP contribution in [0.4, 0.5) is 10.1 Å². The summed E-state index contributed by atoms with van der Waals surface area (Å²) < 4.78 is 18.6. The van der Waals surface area contributed by atoms with Crippen molar-refractivity contribution in [1.29, 1.82) is 0 Å². The highest BCUT2D eigenvalue weighted by molar-refractivity contribution is 6.30. The van der Waals surface area contributed by atoms with Gasteiger partial charge < -0.3 is 15.4 Å². The Bertz CT molecular complexity index is 749. The van der Waals surface area contributed by atoms with Gasteiger partial charge in [-0.3, -0.25) is 14.4 Å². The van der Waals surface area contributed by atoms with Crippen molar-refractivity contribution in [2.45, 2.75) is 32.6 Å². The maximum atomic E-state index is 13.9. The predicted octanol–water partition coefficient (Wildman–Crippen LogP) is 2.97. The number of rotatable bonds is 6. The van der Waals surface area contributed by atoms with E-state index in [0.717, 1.165) is 18.9 Å². The van der Waals surface area contributed by atoms with Crippen molar-refractivity contribution in [1.82, 2.24) is 5.32 Å². The Balaban J connectivity index is 2.12. The van der Waals surface area contributed by atoms with Gasteiger partial charge in [-0.15, -0.1) is 0 Å². The average Bonchev–Trinajstić information content (AvgIpc) is 2.62. The Labute approximate surface area is 155 Å². The van der Waals surface area contributed by atoms with E-state index in [1.54, 1.807) is 6.92 Å². The Morgan fingerprint density at radius 1 is 1.15 bits per heavy atom. The third-order valence-corrected chi connectivity index (χ3v) is 4.13. The summed E-state index contributed by atoms with van der Waals surface area (Å²) in [6.07, 6.45) is 2.33. The summed E-state index contributed by atoms with van der Waals surface area (Å²) in [6.45, 7) is 1.62. The molecule has 0 atom stereocenters. The number of carbonyl (C=O) groups is 3. The molecule has 1 aliphatic carbocycles. The van der Waals surface area contributed by atoms with Gasteiger partial charge in [-0.1, -0.05) is 11.6 Å². The van der Waals surface area contributed by atoms with Gasteiger partial charge in [-0.05, 0) is 50.8 Å². The number of carbonyl (C=O) groups excluding carboxylic acids is 3. The number of ether oxygens (including phenoxy) is 1. The molecule has 6 nitrogen and oxygen atoms in total. The monoisotopic (exact) mass is 382 g/mol. The smallest absolute Gasteiger partial charge is 0.325 e. The van der Waals surface area contributed by atoms with Gasteiger partial charge in [0.15, 0.2) is 0 Å². The fraction of sp³-hybridized carbons (Fsp3) is 0.389. The van der Waals surface area contributed by atoms with Crippen molar-refractivity contribution in [2.75, 3.05) is 18.5 Å². The lowest BCUT2D eigenvalue weighted by molar-refractivity contribution is -0.143. The minimum Gasteiger partial charge on any atom is -0.465 e. The molecule has 0 spiro atoms. The van der Waals surface area contributed by atoms with Crippen molar-refractivity contribution in [2.24, 2.45) is 0 Å². The van der Waals surface area contributed by atoms with Gasteiger partial charge in [0, 0.05) is 16.2 Å². The number of benzene rings is 1. The standard InChI is InChI=1S/C18H20ClFN2O4/c1-2-26-16(23)10-21-17(24)12-5-3-4-6-13(12)18(25)22-15-8-7-11(19)9-14(15)20/h7-9H,2-6,10H2,1H3,(H,21,24)(H,22,25). The predicted molar refractivity (Wildman–Crippen MR) is 95.2 cm³/mol. The second kappa shape index (κ2) is 9.33. The van der Waals surface area contributed by atoms with E-state index >= 15 is 0 Å². The molecule has 0 unspecified atom stereocenters. The first-order valence-corrected chi connectivity index (χ1v) is 8.72. The lowest BCUT2D eigenvalue weighted by Crippen LogP contribution is -2.34. The van der Waals surface area contributed by atoms with Gasteiger partial charge in [-0.2, -0.15) is 0 Å². The summed E-state index contributed by atoms with van der Waals surface area (Å²) in [7, 11) is 0. The van der Waals surface area contributed by atoms with Crippen LogP contribution in [0.25, 0.3) is 0 Å². The molecule has 0 bridgehead atoms. The molecule has 26 heavy (non-hydrogen) atoms. The third kappa shape index (κ3) is 5.29. The van der Waals surface area contributed by atoms with Gasteiger partial charge in [0.05, 0.1) is 12.3 Å². The molecule has 0 aromatic heterocycles. The lowest BCUT2D eigenvalue weighted by Gasteiger charge is -2.19. The third-order valence-electron chi connectivity index (χ3n) is 3.89. The highest BCUT2D eigenvalue weighted by atomic mass is 35.5. The molecule has 0 aliphatic heterocycles. The molecule has 2 amide bonds. The summed E-state index contributed by atoms with van der Waals surface area (Å²) in [5.74, 6) is -2.23. The molecular weight excluding hydrogens is 363 g/mol. The molecule has 140 valence electrons. The molecule has 1 aliphatic rings. The van der Waals surface area contributed by atoms with Gasteiger partial charge in [-0.25, -0.2) is 4.39 Å². The van der Waals surface area contributed by atoms with E-state index in [1.165, 1.54) is 12.1 Å². The zero-order valence-electron chi connectivity index (χ0n) is 14.4. The van der Waals surface area contributed by atoms with Crippen LogP contribution in [0.1, 0.15) is 32.6 Å². The zero-order valence-corrected chi connectivity index (χ0v) is 15.1. The van der Waals surface area contributed by atoms with E-state index in [-0.39, 0.29) is 23.9 Å². The van der Waals surface area contributed by atoms with Crippen molar-refractivity contribution in [3.05, 3.63) is 40.2 Å². The lowest BCUT2D eigenvalue weighted by atomic mass is 9.90. The Kier molecular flexibility index (Phi) is 7.15. The van der Waals surface area contributed by atoms with Crippen molar-refractivity contribution in [3.8, 4) is 0 Å². The number of nitrogens with one attached hydrogen (secondary N) is 2.